The molecule has 1 atom stereocenters. The molecule has 1 aliphatic heterocycles. The van der Waals surface area contributed by atoms with Gasteiger partial charge in [-0.2, -0.15) is 5.10 Å². The van der Waals surface area contributed by atoms with Crippen molar-refractivity contribution < 1.29 is 9.53 Å². The van der Waals surface area contributed by atoms with E-state index in [2.05, 4.69) is 22.4 Å². The first-order valence-corrected chi connectivity index (χ1v) is 7.86. The van der Waals surface area contributed by atoms with E-state index >= 15 is 0 Å². The molecule has 2 N–H and O–H groups in total. The van der Waals surface area contributed by atoms with Gasteiger partial charge in [0.15, 0.2) is 0 Å². The lowest BCUT2D eigenvalue weighted by Gasteiger charge is -2.33. The van der Waals surface area contributed by atoms with E-state index in [9.17, 15) is 9.59 Å². The van der Waals surface area contributed by atoms with Crippen LogP contribution in [0.3, 0.4) is 0 Å². The molecule has 1 amide bonds. The monoisotopic (exact) mass is 326 g/mol. The van der Waals surface area contributed by atoms with Gasteiger partial charge in [-0.3, -0.25) is 4.79 Å². The molecule has 0 aromatic carbocycles. The predicted molar refractivity (Wildman–Crippen MR) is 82.3 cm³/mol. The third-order valence-corrected chi connectivity index (χ3v) is 4.60. The summed E-state index contributed by atoms with van der Waals surface area (Å²) in [5.41, 5.74) is 0.158. The lowest BCUT2D eigenvalue weighted by molar-refractivity contribution is 0.0963. The van der Waals surface area contributed by atoms with Crippen LogP contribution in [0.15, 0.2) is 11.0 Å². The van der Waals surface area contributed by atoms with Crippen molar-refractivity contribution in [3.05, 3.63) is 21.6 Å². The summed E-state index contributed by atoms with van der Waals surface area (Å²) in [7, 11) is 0. The molecule has 120 valence electrons. The number of ether oxygens (including phenoxy) is 1. The molecule has 0 bridgehead atoms. The van der Waals surface area contributed by atoms with Crippen LogP contribution >= 0.6 is 11.6 Å². The van der Waals surface area contributed by atoms with Crippen LogP contribution in [0.4, 0.5) is 10.5 Å². The summed E-state index contributed by atoms with van der Waals surface area (Å²) in [4.78, 5) is 25.2. The molecule has 3 rings (SSSR count). The molecular formula is C14H19ClN4O3. The number of nitrogens with zero attached hydrogens (tertiary/aromatic N) is 2. The number of amides is 1. The van der Waals surface area contributed by atoms with Gasteiger partial charge in [-0.25, -0.2) is 9.89 Å². The topological polar surface area (TPSA) is 87.3 Å². The number of carbonyl (C=O) groups excluding carboxylic acids is 1. The van der Waals surface area contributed by atoms with Crippen molar-refractivity contribution in [3.63, 3.8) is 0 Å². The number of aromatic amines is 1. The molecule has 2 aliphatic rings. The number of aromatic nitrogens is 2. The van der Waals surface area contributed by atoms with Crippen molar-refractivity contribution >= 4 is 23.4 Å². The summed E-state index contributed by atoms with van der Waals surface area (Å²) in [6.07, 6.45) is 3.69. The van der Waals surface area contributed by atoms with E-state index in [-0.39, 0.29) is 23.3 Å². The minimum atomic E-state index is -0.416. The second-order valence-electron chi connectivity index (χ2n) is 6.08. The van der Waals surface area contributed by atoms with E-state index in [0.29, 0.717) is 31.1 Å². The molecule has 7 nitrogen and oxygen atoms in total. The van der Waals surface area contributed by atoms with Crippen molar-refractivity contribution in [1.82, 2.24) is 15.5 Å². The summed E-state index contributed by atoms with van der Waals surface area (Å²) in [6, 6.07) is 0.242. The van der Waals surface area contributed by atoms with E-state index in [0.717, 1.165) is 12.8 Å². The predicted octanol–water partition coefficient (Wildman–Crippen LogP) is 1.53. The van der Waals surface area contributed by atoms with Gasteiger partial charge in [-0.15, -0.1) is 0 Å². The molecule has 0 unspecified atom stereocenters. The van der Waals surface area contributed by atoms with Crippen LogP contribution in [0.1, 0.15) is 26.2 Å². The lowest BCUT2D eigenvalue weighted by atomic mass is 9.82. The molecule has 1 aromatic heterocycles. The molecular weight excluding hydrogens is 308 g/mol. The Bertz CT molecular complexity index is 614. The van der Waals surface area contributed by atoms with Crippen LogP contribution in [0.25, 0.3) is 0 Å². The Morgan fingerprint density at radius 3 is 3.05 bits per heavy atom. The van der Waals surface area contributed by atoms with Gasteiger partial charge in [0.2, 0.25) is 0 Å². The van der Waals surface area contributed by atoms with Crippen molar-refractivity contribution in [1.29, 1.82) is 0 Å². The molecule has 0 radical (unpaired) electrons. The smallest absolute Gasteiger partial charge is 0.407 e. The second kappa shape index (κ2) is 6.16. The highest BCUT2D eigenvalue weighted by atomic mass is 35.5. The van der Waals surface area contributed by atoms with Crippen molar-refractivity contribution in [2.24, 2.45) is 5.92 Å². The average Bonchev–Trinajstić information content (AvgIpc) is 2.88. The third kappa shape index (κ3) is 3.19. The number of anilines is 1. The maximum atomic E-state index is 11.8. The Balaban J connectivity index is 1.53. The highest BCUT2D eigenvalue weighted by Gasteiger charge is 2.31. The molecule has 8 heteroatoms. The number of carbonyl (C=O) groups is 1. The molecule has 22 heavy (non-hydrogen) atoms. The van der Waals surface area contributed by atoms with E-state index in [1.807, 2.05) is 4.90 Å². The summed E-state index contributed by atoms with van der Waals surface area (Å²) < 4.78 is 5.43. The molecule has 1 aliphatic carbocycles. The van der Waals surface area contributed by atoms with E-state index in [4.69, 9.17) is 16.3 Å². The Labute approximate surface area is 133 Å². The molecule has 1 aromatic rings. The standard InChI is InChI=1S/C14H19ClN4O3/c1-8-4-9(5-8)17-14(21)22-10-2-3-19(7-10)11-6-16-18-13(20)12(11)15/h6,8-10H,2-5,7H2,1H3,(H,17,21)(H,18,20)/t8?,9?,10-/m1/s1. The van der Waals surface area contributed by atoms with Crippen LogP contribution in [0.5, 0.6) is 0 Å². The number of nitrogens with one attached hydrogen (secondary N) is 2. The van der Waals surface area contributed by atoms with Gasteiger partial charge >= 0.3 is 6.09 Å². The van der Waals surface area contributed by atoms with Gasteiger partial charge in [0.05, 0.1) is 18.4 Å². The third-order valence-electron chi connectivity index (χ3n) is 4.23. The zero-order valence-corrected chi connectivity index (χ0v) is 13.1. The van der Waals surface area contributed by atoms with Crippen LogP contribution in [-0.2, 0) is 4.74 Å². The number of rotatable bonds is 3. The highest BCUT2D eigenvalue weighted by molar-refractivity contribution is 6.33. The van der Waals surface area contributed by atoms with Gasteiger partial charge in [0.1, 0.15) is 11.1 Å². The quantitative estimate of drug-likeness (QED) is 0.879. The summed E-state index contributed by atoms with van der Waals surface area (Å²) in [6.45, 7) is 3.35. The summed E-state index contributed by atoms with van der Waals surface area (Å²) >= 11 is 5.99. The fraction of sp³-hybridized carbons (Fsp3) is 0.643. The number of halogens is 1. The maximum absolute atomic E-state index is 11.8. The number of hydrogen-bond acceptors (Lipinski definition) is 5. The minimum Gasteiger partial charge on any atom is -0.444 e. The summed E-state index contributed by atoms with van der Waals surface area (Å²) in [5.74, 6) is 0.679. The fourth-order valence-corrected chi connectivity index (χ4v) is 3.22. The maximum Gasteiger partial charge on any atom is 0.407 e. The Hall–Kier alpha value is -1.76. The number of H-pyrrole nitrogens is 1. The lowest BCUT2D eigenvalue weighted by Crippen LogP contribution is -2.44. The van der Waals surface area contributed by atoms with Gasteiger partial charge < -0.3 is 15.0 Å². The van der Waals surface area contributed by atoms with Gasteiger partial charge in [0, 0.05) is 19.0 Å². The molecule has 1 saturated carbocycles. The van der Waals surface area contributed by atoms with Crippen molar-refractivity contribution in [3.8, 4) is 0 Å². The number of hydrogen-bond donors (Lipinski definition) is 2. The number of alkyl carbamates (subject to hydrolysis) is 1. The Kier molecular flexibility index (Phi) is 4.24. The van der Waals surface area contributed by atoms with Crippen LogP contribution in [-0.4, -0.2) is 41.5 Å². The van der Waals surface area contributed by atoms with Crippen LogP contribution in [0.2, 0.25) is 5.02 Å². The average molecular weight is 327 g/mol. The van der Waals surface area contributed by atoms with E-state index < -0.39 is 5.56 Å². The largest absolute Gasteiger partial charge is 0.444 e. The van der Waals surface area contributed by atoms with Gasteiger partial charge in [-0.1, -0.05) is 18.5 Å². The Morgan fingerprint density at radius 2 is 2.32 bits per heavy atom. The first kappa shape index (κ1) is 15.1. The SMILES string of the molecule is CC1CC(NC(=O)O[C@@H]2CCN(c3cn[nH]c(=O)c3Cl)C2)C1. The van der Waals surface area contributed by atoms with E-state index in [1.54, 1.807) is 0 Å². The minimum absolute atomic E-state index is 0.114. The van der Waals surface area contributed by atoms with Gasteiger partial charge in [0.25, 0.3) is 5.56 Å². The first-order chi connectivity index (χ1) is 10.5. The molecule has 2 fully saturated rings. The van der Waals surface area contributed by atoms with Crippen molar-refractivity contribution in [2.75, 3.05) is 18.0 Å². The second-order valence-corrected chi connectivity index (χ2v) is 6.46. The fourth-order valence-electron chi connectivity index (χ4n) is 3.01. The molecule has 1 saturated heterocycles. The van der Waals surface area contributed by atoms with Gasteiger partial charge in [-0.05, 0) is 18.8 Å². The zero-order valence-electron chi connectivity index (χ0n) is 12.3. The highest BCUT2D eigenvalue weighted by Crippen LogP contribution is 2.27. The molecule has 2 heterocycles. The zero-order chi connectivity index (χ0) is 15.7. The first-order valence-electron chi connectivity index (χ1n) is 7.48. The van der Waals surface area contributed by atoms with Crippen LogP contribution in [0, 0.1) is 5.92 Å². The van der Waals surface area contributed by atoms with E-state index in [1.165, 1.54) is 6.20 Å². The normalized spacial score (nSPS) is 27.4. The van der Waals surface area contributed by atoms with Crippen molar-refractivity contribution in [2.45, 2.75) is 38.3 Å². The van der Waals surface area contributed by atoms with Crippen LogP contribution < -0.4 is 15.8 Å². The molecule has 0 spiro atoms. The Morgan fingerprint density at radius 1 is 1.55 bits per heavy atom. The summed E-state index contributed by atoms with van der Waals surface area (Å²) in [5, 5.41) is 9.03.